The van der Waals surface area contributed by atoms with Gasteiger partial charge in [0.15, 0.2) is 0 Å². The first-order chi connectivity index (χ1) is 14.9. The summed E-state index contributed by atoms with van der Waals surface area (Å²) in [6.45, 7) is 0. The second-order valence-corrected chi connectivity index (χ2v) is 6.95. The Morgan fingerprint density at radius 1 is 0.871 bits per heavy atom. The fourth-order valence-corrected chi connectivity index (χ4v) is 2.73. The second-order valence-electron chi connectivity index (χ2n) is 6.10. The largest absolute Gasteiger partial charge is 0.423 e. The van der Waals surface area contributed by atoms with Crippen LogP contribution in [-0.2, 0) is 9.59 Å². The van der Waals surface area contributed by atoms with Gasteiger partial charge in [0.2, 0.25) is 0 Å². The maximum Gasteiger partial charge on any atom is 0.343 e. The molecule has 0 radical (unpaired) electrons. The first-order valence-corrected chi connectivity index (χ1v) is 9.65. The van der Waals surface area contributed by atoms with Gasteiger partial charge in [-0.15, -0.1) is 0 Å². The van der Waals surface area contributed by atoms with Crippen LogP contribution in [0.5, 0.6) is 5.75 Å². The van der Waals surface area contributed by atoms with E-state index >= 15 is 0 Å². The van der Waals surface area contributed by atoms with Crippen LogP contribution >= 0.6 is 23.2 Å². The molecule has 0 heterocycles. The summed E-state index contributed by atoms with van der Waals surface area (Å²) >= 11 is 11.8. The predicted octanol–water partition coefficient (Wildman–Crippen LogP) is 4.30. The third-order valence-corrected chi connectivity index (χ3v) is 4.42. The zero-order chi connectivity index (χ0) is 22.2. The molecule has 0 fully saturated rings. The molecule has 9 heteroatoms. The normalized spacial score (nSPS) is 10.5. The van der Waals surface area contributed by atoms with Crippen molar-refractivity contribution < 1.29 is 19.1 Å². The number of ether oxygens (including phenoxy) is 1. The van der Waals surface area contributed by atoms with E-state index in [-0.39, 0.29) is 0 Å². The highest BCUT2D eigenvalue weighted by Gasteiger charge is 2.14. The Kier molecular flexibility index (Phi) is 7.37. The molecule has 3 aromatic rings. The number of para-hydroxylation sites is 1. The van der Waals surface area contributed by atoms with Crippen LogP contribution in [0.2, 0.25) is 10.0 Å². The van der Waals surface area contributed by atoms with E-state index in [1.165, 1.54) is 12.3 Å². The van der Waals surface area contributed by atoms with Gasteiger partial charge in [-0.3, -0.25) is 9.59 Å². The van der Waals surface area contributed by atoms with Crippen LogP contribution in [0.25, 0.3) is 0 Å². The van der Waals surface area contributed by atoms with E-state index in [1.54, 1.807) is 66.7 Å². The van der Waals surface area contributed by atoms with E-state index in [0.29, 0.717) is 32.6 Å². The Balaban J connectivity index is 1.52. The molecule has 2 amide bonds. The smallest absolute Gasteiger partial charge is 0.343 e. The number of rotatable bonds is 5. The number of carbonyl (C=O) groups is 3. The third-order valence-electron chi connectivity index (χ3n) is 3.86. The molecule has 0 aliphatic heterocycles. The van der Waals surface area contributed by atoms with E-state index in [0.717, 1.165) is 0 Å². The minimum atomic E-state index is -0.955. The monoisotopic (exact) mass is 455 g/mol. The van der Waals surface area contributed by atoms with Gasteiger partial charge in [0.05, 0.1) is 22.5 Å². The van der Waals surface area contributed by atoms with E-state index in [4.69, 9.17) is 27.9 Å². The quantitative estimate of drug-likeness (QED) is 0.197. The number of nitrogens with one attached hydrogen (secondary N) is 2. The molecule has 0 aliphatic carbocycles. The Morgan fingerprint density at radius 3 is 2.32 bits per heavy atom. The lowest BCUT2D eigenvalue weighted by molar-refractivity contribution is -0.136. The lowest BCUT2D eigenvalue weighted by atomic mass is 10.2. The minimum Gasteiger partial charge on any atom is -0.423 e. The minimum absolute atomic E-state index is 0.309. The number of esters is 1. The van der Waals surface area contributed by atoms with E-state index < -0.39 is 17.8 Å². The molecule has 3 aromatic carbocycles. The summed E-state index contributed by atoms with van der Waals surface area (Å²) in [5.74, 6) is -2.08. The van der Waals surface area contributed by atoms with E-state index in [9.17, 15) is 14.4 Å². The average Bonchev–Trinajstić information content (AvgIpc) is 2.76. The summed E-state index contributed by atoms with van der Waals surface area (Å²) in [4.78, 5) is 35.8. The molecule has 3 rings (SSSR count). The molecule has 31 heavy (non-hydrogen) atoms. The van der Waals surface area contributed by atoms with Crippen molar-refractivity contribution >= 4 is 52.9 Å². The standard InChI is InChI=1S/C22H15Cl2N3O4/c23-16-5-3-4-15(12-16)22(30)31-17-10-8-14(9-11-17)13-25-27-21(29)20(28)26-19-7-2-1-6-18(19)24/h1-13H,(H,26,28)(H,27,29). The highest BCUT2D eigenvalue weighted by Crippen LogP contribution is 2.20. The number of hydrazone groups is 1. The van der Waals surface area contributed by atoms with Crippen molar-refractivity contribution in [2.45, 2.75) is 0 Å². The molecule has 0 saturated carbocycles. The van der Waals surface area contributed by atoms with E-state index in [1.807, 2.05) is 0 Å². The Hall–Kier alpha value is -3.68. The van der Waals surface area contributed by atoms with Crippen molar-refractivity contribution in [2.75, 3.05) is 5.32 Å². The van der Waals surface area contributed by atoms with Crippen molar-refractivity contribution in [3.8, 4) is 5.75 Å². The van der Waals surface area contributed by atoms with E-state index in [2.05, 4.69) is 15.8 Å². The Morgan fingerprint density at radius 2 is 1.61 bits per heavy atom. The molecule has 0 saturated heterocycles. The first kappa shape index (κ1) is 22.0. The number of halogens is 2. The van der Waals surface area contributed by atoms with Crippen molar-refractivity contribution in [3.05, 3.63) is 94.0 Å². The molecule has 0 spiro atoms. The number of carbonyl (C=O) groups excluding carboxylic acids is 3. The number of anilines is 1. The average molecular weight is 456 g/mol. The van der Waals surface area contributed by atoms with Gasteiger partial charge in [0, 0.05) is 5.02 Å². The van der Waals surface area contributed by atoms with Crippen LogP contribution in [-0.4, -0.2) is 24.0 Å². The zero-order valence-corrected chi connectivity index (χ0v) is 17.4. The SMILES string of the molecule is O=C(NN=Cc1ccc(OC(=O)c2cccc(Cl)c2)cc1)C(=O)Nc1ccccc1Cl. The van der Waals surface area contributed by atoms with Gasteiger partial charge in [0.1, 0.15) is 5.75 Å². The van der Waals surface area contributed by atoms with Crippen LogP contribution < -0.4 is 15.5 Å². The van der Waals surface area contributed by atoms with Crippen LogP contribution in [0.3, 0.4) is 0 Å². The summed E-state index contributed by atoms with van der Waals surface area (Å²) in [7, 11) is 0. The van der Waals surface area contributed by atoms with Crippen LogP contribution in [0, 0.1) is 0 Å². The number of hydrogen-bond donors (Lipinski definition) is 2. The Bertz CT molecular complexity index is 1150. The van der Waals surface area contributed by atoms with Gasteiger partial charge in [-0.2, -0.15) is 5.10 Å². The molecule has 7 nitrogen and oxygen atoms in total. The van der Waals surface area contributed by atoms with Crippen molar-refractivity contribution in [3.63, 3.8) is 0 Å². The lowest BCUT2D eigenvalue weighted by Crippen LogP contribution is -2.32. The summed E-state index contributed by atoms with van der Waals surface area (Å²) in [5.41, 5.74) is 3.37. The fourth-order valence-electron chi connectivity index (χ4n) is 2.36. The van der Waals surface area contributed by atoms with Gasteiger partial charge < -0.3 is 10.1 Å². The highest BCUT2D eigenvalue weighted by molar-refractivity contribution is 6.41. The Labute approximate surface area is 187 Å². The summed E-state index contributed by atoms with van der Waals surface area (Å²) in [6.07, 6.45) is 1.34. The molecule has 0 bridgehead atoms. The van der Waals surface area contributed by atoms with Crippen LogP contribution in [0.4, 0.5) is 5.69 Å². The third kappa shape index (κ3) is 6.40. The number of hydrogen-bond acceptors (Lipinski definition) is 5. The topological polar surface area (TPSA) is 96.9 Å². The highest BCUT2D eigenvalue weighted by atomic mass is 35.5. The van der Waals surface area contributed by atoms with Gasteiger partial charge in [-0.05, 0) is 60.2 Å². The van der Waals surface area contributed by atoms with Gasteiger partial charge >= 0.3 is 17.8 Å². The summed E-state index contributed by atoms with van der Waals surface area (Å²) in [6, 6.07) is 19.3. The lowest BCUT2D eigenvalue weighted by Gasteiger charge is -2.05. The summed E-state index contributed by atoms with van der Waals surface area (Å²) in [5, 5.41) is 6.86. The predicted molar refractivity (Wildman–Crippen MR) is 119 cm³/mol. The maximum atomic E-state index is 12.1. The van der Waals surface area contributed by atoms with Crippen LogP contribution in [0.1, 0.15) is 15.9 Å². The summed E-state index contributed by atoms with van der Waals surface area (Å²) < 4.78 is 5.28. The number of nitrogens with zero attached hydrogens (tertiary/aromatic N) is 1. The number of benzene rings is 3. The molecular formula is C22H15Cl2N3O4. The van der Waals surface area contributed by atoms with Crippen LogP contribution in [0.15, 0.2) is 77.9 Å². The van der Waals surface area contributed by atoms with Crippen molar-refractivity contribution in [1.29, 1.82) is 0 Å². The molecule has 2 N–H and O–H groups in total. The maximum absolute atomic E-state index is 12.1. The molecule has 0 aromatic heterocycles. The molecular weight excluding hydrogens is 441 g/mol. The van der Waals surface area contributed by atoms with Crippen molar-refractivity contribution in [1.82, 2.24) is 5.43 Å². The molecule has 0 aliphatic rings. The fraction of sp³-hybridized carbons (Fsp3) is 0. The molecule has 0 unspecified atom stereocenters. The second kappa shape index (κ2) is 10.4. The first-order valence-electron chi connectivity index (χ1n) is 8.89. The van der Waals surface area contributed by atoms with Gasteiger partial charge in [0.25, 0.3) is 0 Å². The zero-order valence-electron chi connectivity index (χ0n) is 15.8. The van der Waals surface area contributed by atoms with Crippen molar-refractivity contribution in [2.24, 2.45) is 5.10 Å². The molecule has 156 valence electrons. The number of amides is 2. The van der Waals surface area contributed by atoms with Gasteiger partial charge in [-0.25, -0.2) is 10.2 Å². The van der Waals surface area contributed by atoms with Gasteiger partial charge in [-0.1, -0.05) is 41.4 Å². The molecule has 0 atom stereocenters.